The van der Waals surface area contributed by atoms with Crippen molar-refractivity contribution in [3.8, 4) is 0 Å². The molecule has 0 spiro atoms. The minimum Gasteiger partial charge on any atom is -0.393 e. The first-order valence-electron chi connectivity index (χ1n) is 2.40. The molecule has 0 atom stereocenters. The maximum atomic E-state index is 10.5. The first kappa shape index (κ1) is 13.0. The predicted molar refractivity (Wildman–Crippen MR) is 47.5 cm³/mol. The van der Waals surface area contributed by atoms with E-state index in [1.807, 2.05) is 0 Å². The largest absolute Gasteiger partial charge is 0.393 e. The van der Waals surface area contributed by atoms with Crippen molar-refractivity contribution in [2.24, 2.45) is 0 Å². The van der Waals surface area contributed by atoms with Crippen LogP contribution in [0.25, 0.3) is 0 Å². The summed E-state index contributed by atoms with van der Waals surface area (Å²) in [4.78, 5) is 0. The van der Waals surface area contributed by atoms with Crippen molar-refractivity contribution in [3.63, 3.8) is 0 Å². The van der Waals surface area contributed by atoms with E-state index in [1.54, 1.807) is 0 Å². The lowest BCUT2D eigenvalue weighted by Crippen LogP contribution is -2.45. The summed E-state index contributed by atoms with van der Waals surface area (Å²) in [6, 6.07) is 0. The van der Waals surface area contributed by atoms with Gasteiger partial charge < -0.3 is 5.11 Å². The van der Waals surface area contributed by atoms with E-state index in [1.165, 1.54) is 0 Å². The average molecular weight is 278 g/mol. The van der Waals surface area contributed by atoms with Gasteiger partial charge in [-0.2, -0.15) is 8.42 Å². The van der Waals surface area contributed by atoms with E-state index >= 15 is 0 Å². The topological polar surface area (TPSA) is 74.6 Å². The van der Waals surface area contributed by atoms with Gasteiger partial charge in [-0.05, 0) is 0 Å². The predicted octanol–water partition coefficient (Wildman–Crippen LogP) is 1.17. The number of aliphatic hydroxyl groups excluding tert-OH is 1. The molecule has 0 saturated heterocycles. The number of alkyl halides is 4. The number of halogens is 4. The van der Waals surface area contributed by atoms with E-state index in [9.17, 15) is 8.42 Å². The van der Waals surface area contributed by atoms with Crippen molar-refractivity contribution < 1.29 is 18.1 Å². The van der Waals surface area contributed by atoms with Gasteiger partial charge >= 0.3 is 10.1 Å². The van der Waals surface area contributed by atoms with Crippen LogP contribution in [-0.4, -0.2) is 32.7 Å². The molecule has 9 heteroatoms. The molecule has 0 aromatic carbocycles. The van der Waals surface area contributed by atoms with E-state index < -0.39 is 24.7 Å². The highest BCUT2D eigenvalue weighted by Gasteiger charge is 2.56. The highest BCUT2D eigenvalue weighted by Crippen LogP contribution is 2.45. The molecule has 0 unspecified atom stereocenters. The first-order valence-corrected chi connectivity index (χ1v) is 5.35. The molecule has 0 aromatic heterocycles. The molecule has 0 heterocycles. The van der Waals surface area contributed by atoms with Crippen LogP contribution in [0.4, 0.5) is 0 Å². The van der Waals surface area contributed by atoms with E-state index in [0.717, 1.165) is 0 Å². The Bertz CT molecular complexity index is 257. The molecule has 0 radical (unpaired) electrons. The Hall–Kier alpha value is 1.03. The van der Waals surface area contributed by atoms with Crippen LogP contribution >= 0.6 is 46.4 Å². The van der Waals surface area contributed by atoms with Crippen LogP contribution < -0.4 is 0 Å². The normalized spacial score (nSPS) is 14.8. The third-order valence-electron chi connectivity index (χ3n) is 0.948. The Labute approximate surface area is 89.1 Å². The average Bonchev–Trinajstić information content (AvgIpc) is 1.85. The summed E-state index contributed by atoms with van der Waals surface area (Å²) in [5, 5.41) is 8.48. The molecular formula is C3H4Cl4O4S. The summed E-state index contributed by atoms with van der Waals surface area (Å²) in [7, 11) is -4.87. The summed E-state index contributed by atoms with van der Waals surface area (Å²) in [5.74, 6) is 0. The van der Waals surface area contributed by atoms with Crippen molar-refractivity contribution in [3.05, 3.63) is 0 Å². The van der Waals surface area contributed by atoms with Crippen LogP contribution in [0.15, 0.2) is 0 Å². The Morgan fingerprint density at radius 1 is 1.17 bits per heavy atom. The Morgan fingerprint density at radius 3 is 1.58 bits per heavy atom. The Morgan fingerprint density at radius 2 is 1.50 bits per heavy atom. The molecule has 0 aliphatic carbocycles. The summed E-state index contributed by atoms with van der Waals surface area (Å²) in [6.45, 7) is -1.02. The number of rotatable bonds is 3. The van der Waals surface area contributed by atoms with Gasteiger partial charge in [-0.1, -0.05) is 46.4 Å². The van der Waals surface area contributed by atoms with Gasteiger partial charge in [-0.25, -0.2) is 0 Å². The van der Waals surface area contributed by atoms with Gasteiger partial charge in [0.05, 0.1) is 6.61 Å². The summed E-state index contributed by atoms with van der Waals surface area (Å²) in [6.07, 6.45) is 0. The van der Waals surface area contributed by atoms with E-state index in [0.29, 0.717) is 0 Å². The fourth-order valence-corrected chi connectivity index (χ4v) is 1.43. The Balaban J connectivity index is 5.13. The first-order chi connectivity index (χ1) is 5.06. The van der Waals surface area contributed by atoms with E-state index in [2.05, 4.69) is 0 Å². The lowest BCUT2D eigenvalue weighted by Gasteiger charge is -2.27. The molecule has 0 aliphatic rings. The molecule has 0 amide bonds. The fourth-order valence-electron chi connectivity index (χ4n) is 0.281. The van der Waals surface area contributed by atoms with Crippen LogP contribution in [-0.2, 0) is 10.1 Å². The highest BCUT2D eigenvalue weighted by molar-refractivity contribution is 7.90. The molecular weight excluding hydrogens is 274 g/mol. The van der Waals surface area contributed by atoms with Crippen molar-refractivity contribution >= 4 is 56.5 Å². The molecule has 0 aliphatic heterocycles. The Kier molecular flexibility index (Phi) is 3.96. The minimum atomic E-state index is -4.87. The quantitative estimate of drug-likeness (QED) is 0.600. The molecule has 0 saturated carbocycles. The van der Waals surface area contributed by atoms with Gasteiger partial charge in [0.15, 0.2) is 4.33 Å². The second-order valence-electron chi connectivity index (χ2n) is 1.85. The summed E-state index contributed by atoms with van der Waals surface area (Å²) in [5.41, 5.74) is 0. The monoisotopic (exact) mass is 276 g/mol. The van der Waals surface area contributed by atoms with Gasteiger partial charge in [0.25, 0.3) is 3.67 Å². The molecule has 4 nitrogen and oxygen atoms in total. The maximum absolute atomic E-state index is 10.5. The standard InChI is InChI=1S/C3H4Cl4O4S/c4-2(5,1-8)3(6,7)12(9,10)11/h8H,1H2,(H,9,10,11). The second-order valence-corrected chi connectivity index (χ2v) is 6.68. The van der Waals surface area contributed by atoms with E-state index in [4.69, 9.17) is 56.1 Å². The molecule has 0 rings (SSSR count). The third kappa shape index (κ3) is 2.29. The number of aliphatic hydroxyl groups is 1. The van der Waals surface area contributed by atoms with Crippen LogP contribution in [0.1, 0.15) is 0 Å². The number of hydrogen-bond acceptors (Lipinski definition) is 3. The maximum Gasteiger partial charge on any atom is 0.302 e. The van der Waals surface area contributed by atoms with Crippen molar-refractivity contribution in [1.82, 2.24) is 0 Å². The second kappa shape index (κ2) is 3.65. The lowest BCUT2D eigenvalue weighted by molar-refractivity contribution is 0.277. The third-order valence-corrected chi connectivity index (χ3v) is 5.18. The molecule has 0 fully saturated rings. The van der Waals surface area contributed by atoms with Gasteiger partial charge in [0, 0.05) is 0 Å². The van der Waals surface area contributed by atoms with Crippen molar-refractivity contribution in [1.29, 1.82) is 0 Å². The van der Waals surface area contributed by atoms with Crippen molar-refractivity contribution in [2.45, 2.75) is 8.00 Å². The highest BCUT2D eigenvalue weighted by atomic mass is 35.5. The van der Waals surface area contributed by atoms with Gasteiger partial charge in [0.1, 0.15) is 0 Å². The van der Waals surface area contributed by atoms with Crippen molar-refractivity contribution in [2.75, 3.05) is 6.61 Å². The zero-order chi connectivity index (χ0) is 10.2. The zero-order valence-electron chi connectivity index (χ0n) is 5.34. The van der Waals surface area contributed by atoms with Crippen LogP contribution in [0.3, 0.4) is 0 Å². The van der Waals surface area contributed by atoms with Gasteiger partial charge in [0.2, 0.25) is 0 Å². The van der Waals surface area contributed by atoms with Crippen LogP contribution in [0, 0.1) is 0 Å². The lowest BCUT2D eigenvalue weighted by atomic mass is 10.5. The van der Waals surface area contributed by atoms with Crippen LogP contribution in [0.5, 0.6) is 0 Å². The van der Waals surface area contributed by atoms with E-state index in [-0.39, 0.29) is 0 Å². The van der Waals surface area contributed by atoms with Gasteiger partial charge in [-0.15, -0.1) is 0 Å². The van der Waals surface area contributed by atoms with Crippen LogP contribution in [0.2, 0.25) is 0 Å². The zero-order valence-corrected chi connectivity index (χ0v) is 9.18. The summed E-state index contributed by atoms with van der Waals surface area (Å²) >= 11 is 20.6. The number of hydrogen-bond donors (Lipinski definition) is 2. The minimum absolute atomic E-state index is 1.02. The molecule has 74 valence electrons. The molecule has 2 N–H and O–H groups in total. The molecule has 12 heavy (non-hydrogen) atoms. The molecule has 0 bridgehead atoms. The smallest absolute Gasteiger partial charge is 0.302 e. The molecule has 0 aromatic rings. The fraction of sp³-hybridized carbons (Fsp3) is 1.00. The van der Waals surface area contributed by atoms with Gasteiger partial charge in [-0.3, -0.25) is 4.55 Å². The summed E-state index contributed by atoms with van der Waals surface area (Å²) < 4.78 is 24.1. The SMILES string of the molecule is O=S(=O)(O)C(Cl)(Cl)C(Cl)(Cl)CO.